The number of thioether (sulfide) groups is 1. The molecule has 0 spiro atoms. The van der Waals surface area contributed by atoms with Crippen LogP contribution < -0.4 is 0 Å². The summed E-state index contributed by atoms with van der Waals surface area (Å²) in [6.07, 6.45) is 0.483. The lowest BCUT2D eigenvalue weighted by molar-refractivity contribution is -0.120. The lowest BCUT2D eigenvalue weighted by Gasteiger charge is -2.02. The highest BCUT2D eigenvalue weighted by Crippen LogP contribution is 2.25. The molecule has 0 aliphatic heterocycles. The first-order valence-corrected chi connectivity index (χ1v) is 7.64. The van der Waals surface area contributed by atoms with Gasteiger partial charge in [0.25, 0.3) is 0 Å². The minimum Gasteiger partial charge on any atom is -0.339 e. The Morgan fingerprint density at radius 3 is 2.85 bits per heavy atom. The Kier molecular flexibility index (Phi) is 4.95. The van der Waals surface area contributed by atoms with Gasteiger partial charge in [0.15, 0.2) is 5.82 Å². The van der Waals surface area contributed by atoms with Crippen molar-refractivity contribution in [2.24, 2.45) is 0 Å². The van der Waals surface area contributed by atoms with Gasteiger partial charge in [0.2, 0.25) is 5.89 Å². The fourth-order valence-electron chi connectivity index (χ4n) is 1.81. The summed E-state index contributed by atoms with van der Waals surface area (Å²) >= 11 is 1.67. The Morgan fingerprint density at radius 1 is 1.40 bits per heavy atom. The van der Waals surface area contributed by atoms with E-state index in [1.54, 1.807) is 18.7 Å². The summed E-state index contributed by atoms with van der Waals surface area (Å²) < 4.78 is 5.17. The summed E-state index contributed by atoms with van der Waals surface area (Å²) in [5.41, 5.74) is 1.23. The molecule has 1 aromatic carbocycles. The average molecular weight is 290 g/mol. The molecule has 1 heterocycles. The predicted octanol–water partition coefficient (Wildman–Crippen LogP) is 3.75. The van der Waals surface area contributed by atoms with Gasteiger partial charge in [-0.15, -0.1) is 11.8 Å². The zero-order valence-corrected chi connectivity index (χ0v) is 12.7. The molecule has 1 unspecified atom stereocenters. The lowest BCUT2D eigenvalue weighted by Crippen LogP contribution is -2.07. The van der Waals surface area contributed by atoms with Crippen molar-refractivity contribution in [3.8, 4) is 0 Å². The Bertz CT molecular complexity index is 595. The third kappa shape index (κ3) is 3.48. The molecule has 0 saturated heterocycles. The molecule has 0 aliphatic rings. The van der Waals surface area contributed by atoms with Crippen LogP contribution in [0.15, 0.2) is 33.7 Å². The van der Waals surface area contributed by atoms with Gasteiger partial charge in [-0.2, -0.15) is 4.98 Å². The van der Waals surface area contributed by atoms with Crippen molar-refractivity contribution >= 4 is 17.5 Å². The van der Waals surface area contributed by atoms with Gasteiger partial charge in [-0.3, -0.25) is 4.79 Å². The number of benzene rings is 1. The summed E-state index contributed by atoms with van der Waals surface area (Å²) in [5.74, 6) is 1.49. The summed E-state index contributed by atoms with van der Waals surface area (Å²) in [6, 6.07) is 8.18. The Morgan fingerprint density at radius 2 is 2.15 bits per heavy atom. The summed E-state index contributed by atoms with van der Waals surface area (Å²) in [5, 5.41) is 3.94. The third-order valence-corrected chi connectivity index (χ3v) is 4.31. The predicted molar refractivity (Wildman–Crippen MR) is 78.8 cm³/mol. The van der Waals surface area contributed by atoms with E-state index in [4.69, 9.17) is 4.52 Å². The Labute approximate surface area is 123 Å². The molecule has 20 heavy (non-hydrogen) atoms. The van der Waals surface area contributed by atoms with Crippen molar-refractivity contribution in [3.05, 3.63) is 41.5 Å². The van der Waals surface area contributed by atoms with Crippen molar-refractivity contribution in [3.63, 3.8) is 0 Å². The van der Waals surface area contributed by atoms with Crippen LogP contribution in [0.5, 0.6) is 0 Å². The van der Waals surface area contributed by atoms with Crippen LogP contribution in [-0.2, 0) is 10.5 Å². The van der Waals surface area contributed by atoms with Crippen LogP contribution in [0.3, 0.4) is 0 Å². The quantitative estimate of drug-likeness (QED) is 0.758. The monoisotopic (exact) mass is 290 g/mol. The molecule has 106 valence electrons. The maximum absolute atomic E-state index is 11.6. The molecule has 5 heteroatoms. The topological polar surface area (TPSA) is 56.0 Å². The van der Waals surface area contributed by atoms with Crippen molar-refractivity contribution in [1.82, 2.24) is 10.1 Å². The number of aromatic nitrogens is 2. The second-order valence-corrected chi connectivity index (χ2v) is 5.66. The molecular weight excluding hydrogens is 272 g/mol. The van der Waals surface area contributed by atoms with Gasteiger partial charge in [-0.25, -0.2) is 0 Å². The first kappa shape index (κ1) is 14.8. The number of nitrogens with zero attached hydrogens (tertiary/aromatic N) is 2. The van der Waals surface area contributed by atoms with E-state index >= 15 is 0 Å². The van der Waals surface area contributed by atoms with Crippen molar-refractivity contribution in [2.75, 3.05) is 0 Å². The van der Waals surface area contributed by atoms with E-state index in [1.807, 2.05) is 19.1 Å². The van der Waals surface area contributed by atoms with E-state index in [0.29, 0.717) is 23.9 Å². The Hall–Kier alpha value is -1.62. The van der Waals surface area contributed by atoms with E-state index in [-0.39, 0.29) is 11.7 Å². The van der Waals surface area contributed by atoms with E-state index in [2.05, 4.69) is 29.2 Å². The average Bonchev–Trinajstić information content (AvgIpc) is 2.93. The van der Waals surface area contributed by atoms with Crippen LogP contribution >= 0.6 is 11.8 Å². The van der Waals surface area contributed by atoms with Gasteiger partial charge in [-0.1, -0.05) is 30.3 Å². The van der Waals surface area contributed by atoms with Gasteiger partial charge in [-0.05, 0) is 25.5 Å². The normalized spacial score (nSPS) is 12.3. The molecule has 0 amide bonds. The maximum Gasteiger partial charge on any atom is 0.236 e. The van der Waals surface area contributed by atoms with E-state index in [0.717, 1.165) is 0 Å². The number of rotatable bonds is 6. The first-order valence-electron chi connectivity index (χ1n) is 6.65. The fraction of sp³-hybridized carbons (Fsp3) is 0.400. The summed E-state index contributed by atoms with van der Waals surface area (Å²) in [7, 11) is 0. The van der Waals surface area contributed by atoms with Crippen LogP contribution in [0.2, 0.25) is 0 Å². The van der Waals surface area contributed by atoms with Gasteiger partial charge in [0, 0.05) is 11.3 Å². The summed E-state index contributed by atoms with van der Waals surface area (Å²) in [6.45, 7) is 5.72. The van der Waals surface area contributed by atoms with E-state index < -0.39 is 0 Å². The molecule has 0 aliphatic carbocycles. The Balaban J connectivity index is 2.00. The third-order valence-electron chi connectivity index (χ3n) is 3.14. The van der Waals surface area contributed by atoms with Crippen LogP contribution in [0.1, 0.15) is 43.5 Å². The van der Waals surface area contributed by atoms with E-state index in [1.165, 1.54) is 10.5 Å². The summed E-state index contributed by atoms with van der Waals surface area (Å²) in [4.78, 5) is 17.1. The van der Waals surface area contributed by atoms with Crippen LogP contribution in [0, 0.1) is 6.92 Å². The van der Waals surface area contributed by atoms with Crippen molar-refractivity contribution in [1.29, 1.82) is 0 Å². The number of carbonyl (C=O) groups excluding carboxylic acids is 1. The van der Waals surface area contributed by atoms with Gasteiger partial charge in [0.05, 0.1) is 11.7 Å². The zero-order valence-electron chi connectivity index (χ0n) is 11.9. The number of aryl methyl sites for hydroxylation is 1. The zero-order chi connectivity index (χ0) is 14.5. The van der Waals surface area contributed by atoms with E-state index in [9.17, 15) is 4.79 Å². The van der Waals surface area contributed by atoms with Crippen molar-refractivity contribution in [2.45, 2.75) is 43.8 Å². The standard InChI is InChI=1S/C15H18N2O2S/c1-4-12(18)11(3)15-16-14(17-19-15)9-20-13-8-6-5-7-10(13)2/h5-8,11H,4,9H2,1-3H3. The second-order valence-electron chi connectivity index (χ2n) is 4.64. The molecule has 0 radical (unpaired) electrons. The molecule has 0 bridgehead atoms. The van der Waals surface area contributed by atoms with Gasteiger partial charge in [0.1, 0.15) is 5.78 Å². The van der Waals surface area contributed by atoms with Crippen LogP contribution in [0.25, 0.3) is 0 Å². The highest BCUT2D eigenvalue weighted by Gasteiger charge is 2.20. The van der Waals surface area contributed by atoms with Gasteiger partial charge < -0.3 is 4.52 Å². The molecule has 0 saturated carbocycles. The molecule has 2 aromatic rings. The van der Waals surface area contributed by atoms with Gasteiger partial charge >= 0.3 is 0 Å². The second kappa shape index (κ2) is 6.70. The number of hydrogen-bond acceptors (Lipinski definition) is 5. The highest BCUT2D eigenvalue weighted by molar-refractivity contribution is 7.98. The first-order chi connectivity index (χ1) is 9.61. The minimum atomic E-state index is -0.315. The molecule has 2 rings (SSSR count). The number of ketones is 1. The molecular formula is C15H18N2O2S. The number of hydrogen-bond donors (Lipinski definition) is 0. The minimum absolute atomic E-state index is 0.117. The van der Waals surface area contributed by atoms with Crippen LogP contribution in [-0.4, -0.2) is 15.9 Å². The number of Topliss-reactive ketones (excluding diaryl/α,β-unsaturated/α-hetero) is 1. The SMILES string of the molecule is CCC(=O)C(C)c1nc(CSc2ccccc2C)no1. The lowest BCUT2D eigenvalue weighted by atomic mass is 10.1. The molecule has 0 N–H and O–H groups in total. The highest BCUT2D eigenvalue weighted by atomic mass is 32.2. The largest absolute Gasteiger partial charge is 0.339 e. The fourth-order valence-corrected chi connectivity index (χ4v) is 2.68. The van der Waals surface area contributed by atoms with Crippen LogP contribution in [0.4, 0.5) is 0 Å². The molecule has 1 aromatic heterocycles. The molecule has 4 nitrogen and oxygen atoms in total. The smallest absolute Gasteiger partial charge is 0.236 e. The molecule has 1 atom stereocenters. The number of carbonyl (C=O) groups is 1. The van der Waals surface area contributed by atoms with Crippen molar-refractivity contribution < 1.29 is 9.32 Å². The maximum atomic E-state index is 11.6. The molecule has 0 fully saturated rings.